The van der Waals surface area contributed by atoms with Crippen molar-refractivity contribution in [3.8, 4) is 5.75 Å². The topological polar surface area (TPSA) is 84.0 Å². The Morgan fingerprint density at radius 2 is 2.12 bits per heavy atom. The van der Waals surface area contributed by atoms with Gasteiger partial charge in [-0.1, -0.05) is 0 Å². The lowest BCUT2D eigenvalue weighted by Gasteiger charge is -2.18. The molecule has 1 aliphatic rings. The molecule has 0 aliphatic carbocycles. The second kappa shape index (κ2) is 10.6. The van der Waals surface area contributed by atoms with Gasteiger partial charge in [0.2, 0.25) is 5.91 Å². The molecular formula is C18H28N4O3. The van der Waals surface area contributed by atoms with Crippen LogP contribution in [0.25, 0.3) is 0 Å². The van der Waals surface area contributed by atoms with E-state index in [1.807, 2.05) is 32.0 Å². The van der Waals surface area contributed by atoms with E-state index < -0.39 is 0 Å². The van der Waals surface area contributed by atoms with Crippen LogP contribution in [0.1, 0.15) is 25.8 Å². The van der Waals surface area contributed by atoms with E-state index in [1.54, 1.807) is 0 Å². The van der Waals surface area contributed by atoms with Crippen molar-refractivity contribution in [2.45, 2.75) is 26.7 Å². The molecule has 1 aromatic rings. The fourth-order valence-electron chi connectivity index (χ4n) is 2.50. The number of aliphatic imine (C=N–C) groups is 1. The van der Waals surface area contributed by atoms with Gasteiger partial charge in [0.25, 0.3) is 0 Å². The van der Waals surface area contributed by atoms with Crippen molar-refractivity contribution in [2.75, 3.05) is 44.8 Å². The molecule has 0 bridgehead atoms. The first-order valence-electron chi connectivity index (χ1n) is 8.88. The first-order valence-corrected chi connectivity index (χ1v) is 8.88. The van der Waals surface area contributed by atoms with Gasteiger partial charge in [-0.05, 0) is 44.0 Å². The molecule has 3 N–H and O–H groups in total. The van der Waals surface area contributed by atoms with Crippen LogP contribution in [-0.4, -0.2) is 51.3 Å². The third-order valence-corrected chi connectivity index (χ3v) is 3.69. The maximum Gasteiger partial charge on any atom is 0.224 e. The molecule has 1 heterocycles. The number of carbonyl (C=O) groups excluding carboxylic acids is 1. The van der Waals surface area contributed by atoms with Gasteiger partial charge in [-0.2, -0.15) is 0 Å². The monoisotopic (exact) mass is 348 g/mol. The molecule has 25 heavy (non-hydrogen) atoms. The Kier molecular flexibility index (Phi) is 8.04. The van der Waals surface area contributed by atoms with Crippen LogP contribution in [0.3, 0.4) is 0 Å². The van der Waals surface area contributed by atoms with Gasteiger partial charge in [-0.3, -0.25) is 9.79 Å². The average Bonchev–Trinajstić information content (AvgIpc) is 2.62. The Bertz CT molecular complexity index is 590. The smallest absolute Gasteiger partial charge is 0.224 e. The van der Waals surface area contributed by atoms with Gasteiger partial charge in [-0.15, -0.1) is 0 Å². The third kappa shape index (κ3) is 6.62. The van der Waals surface area contributed by atoms with E-state index in [2.05, 4.69) is 20.9 Å². The number of carbonyl (C=O) groups is 1. The zero-order valence-corrected chi connectivity index (χ0v) is 15.1. The number of hydrogen-bond donors (Lipinski definition) is 3. The van der Waals surface area contributed by atoms with Crippen molar-refractivity contribution in [1.82, 2.24) is 10.6 Å². The van der Waals surface area contributed by atoms with Gasteiger partial charge in [-0.25, -0.2) is 0 Å². The number of hydrogen-bond acceptors (Lipinski definition) is 4. The average molecular weight is 348 g/mol. The molecule has 1 aliphatic heterocycles. The first kappa shape index (κ1) is 19.1. The summed E-state index contributed by atoms with van der Waals surface area (Å²) in [5, 5.41) is 9.30. The zero-order valence-electron chi connectivity index (χ0n) is 15.1. The summed E-state index contributed by atoms with van der Waals surface area (Å²) in [5.41, 5.74) is 2.01. The summed E-state index contributed by atoms with van der Waals surface area (Å²) in [5.74, 6) is 1.65. The number of guanidine groups is 1. The molecule has 138 valence electrons. The van der Waals surface area contributed by atoms with Gasteiger partial charge in [0, 0.05) is 25.3 Å². The fourth-order valence-corrected chi connectivity index (χ4v) is 2.50. The first-order chi connectivity index (χ1) is 12.2. The van der Waals surface area contributed by atoms with Crippen LogP contribution in [0, 0.1) is 0 Å². The van der Waals surface area contributed by atoms with Crippen LogP contribution in [0.4, 0.5) is 5.69 Å². The normalized spacial score (nSPS) is 13.8. The van der Waals surface area contributed by atoms with Crippen LogP contribution >= 0.6 is 0 Å². The molecule has 1 aromatic carbocycles. The molecular weight excluding hydrogens is 320 g/mol. The van der Waals surface area contributed by atoms with Crippen molar-refractivity contribution < 1.29 is 14.3 Å². The number of benzene rings is 1. The van der Waals surface area contributed by atoms with Crippen LogP contribution in [0.5, 0.6) is 5.75 Å². The quantitative estimate of drug-likeness (QED) is 0.358. The van der Waals surface area contributed by atoms with Gasteiger partial charge in [0.15, 0.2) is 5.96 Å². The molecule has 0 radical (unpaired) electrons. The second-order valence-electron chi connectivity index (χ2n) is 5.60. The molecule has 7 nitrogen and oxygen atoms in total. The molecule has 0 saturated carbocycles. The number of nitrogens with one attached hydrogen (secondary N) is 3. The molecule has 1 amide bonds. The maximum atomic E-state index is 11.4. The van der Waals surface area contributed by atoms with E-state index in [1.165, 1.54) is 0 Å². The number of amides is 1. The van der Waals surface area contributed by atoms with E-state index in [0.29, 0.717) is 39.3 Å². The number of rotatable bonds is 9. The fraction of sp³-hybridized carbons (Fsp3) is 0.556. The summed E-state index contributed by atoms with van der Waals surface area (Å²) in [6.45, 7) is 7.93. The Hall–Kier alpha value is -2.28. The molecule has 0 unspecified atom stereocenters. The van der Waals surface area contributed by atoms with Crippen LogP contribution in [-0.2, 0) is 16.0 Å². The highest BCUT2D eigenvalue weighted by Gasteiger charge is 2.14. The summed E-state index contributed by atoms with van der Waals surface area (Å²) in [6, 6.07) is 5.77. The molecule has 0 aromatic heterocycles. The molecule has 0 atom stereocenters. The molecule has 0 fully saturated rings. The Labute approximate surface area is 149 Å². The number of fused-ring (bicyclic) bond motifs is 1. The van der Waals surface area contributed by atoms with E-state index in [9.17, 15) is 4.79 Å². The Balaban J connectivity index is 1.74. The second-order valence-corrected chi connectivity index (χ2v) is 5.60. The van der Waals surface area contributed by atoms with E-state index in [-0.39, 0.29) is 5.91 Å². The van der Waals surface area contributed by atoms with Crippen molar-refractivity contribution in [3.63, 3.8) is 0 Å². The Morgan fingerprint density at radius 3 is 2.92 bits per heavy atom. The van der Waals surface area contributed by atoms with E-state index >= 15 is 0 Å². The maximum absolute atomic E-state index is 11.4. The predicted molar refractivity (Wildman–Crippen MR) is 99.4 cm³/mol. The van der Waals surface area contributed by atoms with Crippen molar-refractivity contribution >= 4 is 17.6 Å². The molecule has 0 spiro atoms. The lowest BCUT2D eigenvalue weighted by Crippen LogP contribution is -2.39. The third-order valence-electron chi connectivity index (χ3n) is 3.69. The number of aryl methyl sites for hydroxylation is 1. The van der Waals surface area contributed by atoms with Gasteiger partial charge < -0.3 is 25.4 Å². The highest BCUT2D eigenvalue weighted by Crippen LogP contribution is 2.26. The highest BCUT2D eigenvalue weighted by atomic mass is 16.5. The summed E-state index contributed by atoms with van der Waals surface area (Å²) >= 11 is 0. The van der Waals surface area contributed by atoms with Crippen LogP contribution in [0.15, 0.2) is 23.2 Å². The molecule has 2 rings (SSSR count). The lowest BCUT2D eigenvalue weighted by atomic mass is 10.0. The number of nitrogens with zero attached hydrogens (tertiary/aromatic N) is 1. The minimum absolute atomic E-state index is 0.0740. The highest BCUT2D eigenvalue weighted by molar-refractivity contribution is 5.94. The summed E-state index contributed by atoms with van der Waals surface area (Å²) in [6.07, 6.45) is 1.29. The predicted octanol–water partition coefficient (Wildman–Crippen LogP) is 1.54. The zero-order chi connectivity index (χ0) is 17.9. The SMILES string of the molecule is CCNC(=NCCOCC)NCCOc1ccc2c(c1)CCC(=O)N2. The van der Waals surface area contributed by atoms with E-state index in [4.69, 9.17) is 9.47 Å². The lowest BCUT2D eigenvalue weighted by molar-refractivity contribution is -0.116. The molecule has 0 saturated heterocycles. The van der Waals surface area contributed by atoms with Crippen molar-refractivity contribution in [1.29, 1.82) is 0 Å². The van der Waals surface area contributed by atoms with Gasteiger partial charge >= 0.3 is 0 Å². The van der Waals surface area contributed by atoms with Crippen molar-refractivity contribution in [2.24, 2.45) is 4.99 Å². The van der Waals surface area contributed by atoms with Crippen molar-refractivity contribution in [3.05, 3.63) is 23.8 Å². The van der Waals surface area contributed by atoms with Crippen LogP contribution < -0.4 is 20.7 Å². The minimum Gasteiger partial charge on any atom is -0.492 e. The summed E-state index contributed by atoms with van der Waals surface area (Å²) in [7, 11) is 0. The summed E-state index contributed by atoms with van der Waals surface area (Å²) < 4.78 is 11.1. The minimum atomic E-state index is 0.0740. The largest absolute Gasteiger partial charge is 0.492 e. The van der Waals surface area contributed by atoms with E-state index in [0.717, 1.165) is 35.9 Å². The van der Waals surface area contributed by atoms with Crippen LogP contribution in [0.2, 0.25) is 0 Å². The van der Waals surface area contributed by atoms with Gasteiger partial charge in [0.05, 0.1) is 19.7 Å². The number of anilines is 1. The molecule has 7 heteroatoms. The Morgan fingerprint density at radius 1 is 1.24 bits per heavy atom. The summed E-state index contributed by atoms with van der Waals surface area (Å²) in [4.78, 5) is 15.8. The van der Waals surface area contributed by atoms with Gasteiger partial charge in [0.1, 0.15) is 12.4 Å². The number of ether oxygens (including phenoxy) is 2. The standard InChI is InChI=1S/C18H28N4O3/c1-3-19-18(20-9-11-24-4-2)21-10-12-25-15-6-7-16-14(13-15)5-8-17(23)22-16/h6-7,13H,3-5,8-12H2,1-2H3,(H,22,23)(H2,19,20,21).